The number of amides is 1. The number of nitrogens with one attached hydrogen (secondary N) is 1. The van der Waals surface area contributed by atoms with Gasteiger partial charge in [-0.2, -0.15) is 0 Å². The second kappa shape index (κ2) is 8.95. The molecule has 0 fully saturated rings. The molecule has 4 nitrogen and oxygen atoms in total. The van der Waals surface area contributed by atoms with Gasteiger partial charge >= 0.3 is 0 Å². The Morgan fingerprint density at radius 1 is 1.00 bits per heavy atom. The molecule has 2 heterocycles. The van der Waals surface area contributed by atoms with E-state index in [4.69, 9.17) is 0 Å². The Morgan fingerprint density at radius 3 is 2.43 bits per heavy atom. The van der Waals surface area contributed by atoms with Crippen LogP contribution in [0.3, 0.4) is 0 Å². The van der Waals surface area contributed by atoms with Gasteiger partial charge in [-0.05, 0) is 48.2 Å². The Kier molecular flexibility index (Phi) is 5.94. The number of carbonyl (C=O) groups excluding carboxylic acids is 1. The molecule has 4 heteroatoms. The molecule has 2 aromatic heterocycles. The molecule has 4 aromatic rings. The third-order valence-electron chi connectivity index (χ3n) is 5.75. The molecule has 152 valence electrons. The number of H-pyrrole nitrogens is 1. The van der Waals surface area contributed by atoms with Gasteiger partial charge in [0.2, 0.25) is 5.91 Å². The van der Waals surface area contributed by atoms with Crippen molar-refractivity contribution in [1.82, 2.24) is 14.9 Å². The molecule has 2 aromatic carbocycles. The van der Waals surface area contributed by atoms with Gasteiger partial charge in [0.05, 0.1) is 12.1 Å². The summed E-state index contributed by atoms with van der Waals surface area (Å²) in [5.41, 5.74) is 5.34. The molecule has 0 aliphatic heterocycles. The SMILES string of the molecule is CC[C@@H](C)N(Cc1ccncc1)C(=O)Cc1c(-c2ccccc2)[nH]c2ccccc12. The maximum Gasteiger partial charge on any atom is 0.227 e. The van der Waals surface area contributed by atoms with Gasteiger partial charge in [0.15, 0.2) is 0 Å². The van der Waals surface area contributed by atoms with Gasteiger partial charge in [-0.15, -0.1) is 0 Å². The number of carbonyl (C=O) groups is 1. The summed E-state index contributed by atoms with van der Waals surface area (Å²) >= 11 is 0. The molecule has 4 rings (SSSR count). The molecule has 0 aliphatic carbocycles. The highest BCUT2D eigenvalue weighted by molar-refractivity contribution is 5.95. The van der Waals surface area contributed by atoms with Crippen LogP contribution >= 0.6 is 0 Å². The standard InChI is InChI=1S/C26H27N3O/c1-3-19(2)29(18-20-13-15-27-16-14-20)25(30)17-23-22-11-7-8-12-24(22)28-26(23)21-9-5-4-6-10-21/h4-16,19,28H,3,17-18H2,1-2H3/t19-/m1/s1. The molecule has 0 unspecified atom stereocenters. The Labute approximate surface area is 177 Å². The average Bonchev–Trinajstić information content (AvgIpc) is 3.16. The number of pyridine rings is 1. The Bertz CT molecular complexity index is 1120. The van der Waals surface area contributed by atoms with Gasteiger partial charge < -0.3 is 9.88 Å². The minimum Gasteiger partial charge on any atom is -0.354 e. The van der Waals surface area contributed by atoms with Gasteiger partial charge in [-0.1, -0.05) is 55.5 Å². The first-order chi connectivity index (χ1) is 14.7. The zero-order chi connectivity index (χ0) is 20.9. The highest BCUT2D eigenvalue weighted by Gasteiger charge is 2.23. The number of benzene rings is 2. The number of aromatic amines is 1. The zero-order valence-corrected chi connectivity index (χ0v) is 17.5. The summed E-state index contributed by atoms with van der Waals surface area (Å²) in [6.45, 7) is 4.84. The Hall–Kier alpha value is -3.40. The first-order valence-corrected chi connectivity index (χ1v) is 10.5. The van der Waals surface area contributed by atoms with Crippen molar-refractivity contribution < 1.29 is 4.79 Å². The fourth-order valence-electron chi connectivity index (χ4n) is 3.88. The molecule has 0 saturated carbocycles. The molecule has 0 saturated heterocycles. The van der Waals surface area contributed by atoms with E-state index >= 15 is 0 Å². The quantitative estimate of drug-likeness (QED) is 0.441. The van der Waals surface area contributed by atoms with Crippen LogP contribution in [0.4, 0.5) is 0 Å². The van der Waals surface area contributed by atoms with Crippen LogP contribution in [-0.2, 0) is 17.8 Å². The lowest BCUT2D eigenvalue weighted by molar-refractivity contribution is -0.133. The minimum absolute atomic E-state index is 0.142. The topological polar surface area (TPSA) is 49.0 Å². The van der Waals surface area contributed by atoms with Crippen molar-refractivity contribution in [2.45, 2.75) is 39.3 Å². The Morgan fingerprint density at radius 2 is 1.70 bits per heavy atom. The Balaban J connectivity index is 1.70. The fraction of sp³-hybridized carbons (Fsp3) is 0.231. The van der Waals surface area contributed by atoms with E-state index in [1.807, 2.05) is 47.4 Å². The van der Waals surface area contributed by atoms with Gasteiger partial charge in [0.25, 0.3) is 0 Å². The predicted octanol–water partition coefficient (Wildman–Crippen LogP) is 5.60. The molecule has 1 amide bonds. The smallest absolute Gasteiger partial charge is 0.227 e. The molecular formula is C26H27N3O. The van der Waals surface area contributed by atoms with Crippen molar-refractivity contribution in [1.29, 1.82) is 0 Å². The van der Waals surface area contributed by atoms with Crippen LogP contribution in [0, 0.1) is 0 Å². The van der Waals surface area contributed by atoms with Gasteiger partial charge in [-0.3, -0.25) is 9.78 Å². The van der Waals surface area contributed by atoms with Crippen LogP contribution in [0.15, 0.2) is 79.1 Å². The van der Waals surface area contributed by atoms with Gasteiger partial charge in [-0.25, -0.2) is 0 Å². The van der Waals surface area contributed by atoms with Crippen LogP contribution in [0.2, 0.25) is 0 Å². The van der Waals surface area contributed by atoms with E-state index in [-0.39, 0.29) is 11.9 Å². The lowest BCUT2D eigenvalue weighted by atomic mass is 10.0. The van der Waals surface area contributed by atoms with E-state index in [1.165, 1.54) is 0 Å². The van der Waals surface area contributed by atoms with Crippen LogP contribution in [0.1, 0.15) is 31.4 Å². The summed E-state index contributed by atoms with van der Waals surface area (Å²) in [6, 6.07) is 22.6. The molecule has 0 bridgehead atoms. The zero-order valence-electron chi connectivity index (χ0n) is 17.5. The first-order valence-electron chi connectivity index (χ1n) is 10.5. The second-order valence-corrected chi connectivity index (χ2v) is 7.70. The third kappa shape index (κ3) is 4.13. The number of rotatable bonds is 7. The molecule has 1 atom stereocenters. The number of aromatic nitrogens is 2. The highest BCUT2D eigenvalue weighted by atomic mass is 16.2. The number of nitrogens with zero attached hydrogens (tertiary/aromatic N) is 2. The number of hydrogen-bond donors (Lipinski definition) is 1. The molecule has 0 aliphatic rings. The third-order valence-corrected chi connectivity index (χ3v) is 5.75. The van der Waals surface area contributed by atoms with E-state index in [2.05, 4.69) is 48.1 Å². The van der Waals surface area contributed by atoms with Crippen LogP contribution in [-0.4, -0.2) is 26.8 Å². The fourth-order valence-corrected chi connectivity index (χ4v) is 3.88. The van der Waals surface area contributed by atoms with Crippen LogP contribution < -0.4 is 0 Å². The molecule has 1 N–H and O–H groups in total. The lowest BCUT2D eigenvalue weighted by Crippen LogP contribution is -2.38. The molecule has 0 spiro atoms. The molecule has 0 radical (unpaired) electrons. The van der Waals surface area contributed by atoms with E-state index in [0.717, 1.165) is 39.7 Å². The molecule has 30 heavy (non-hydrogen) atoms. The van der Waals surface area contributed by atoms with Crippen molar-refractivity contribution in [2.75, 3.05) is 0 Å². The summed E-state index contributed by atoms with van der Waals surface area (Å²) < 4.78 is 0. The van der Waals surface area contributed by atoms with Crippen molar-refractivity contribution in [3.63, 3.8) is 0 Å². The average molecular weight is 398 g/mol. The largest absolute Gasteiger partial charge is 0.354 e. The van der Waals surface area contributed by atoms with E-state index in [0.29, 0.717) is 13.0 Å². The second-order valence-electron chi connectivity index (χ2n) is 7.70. The van der Waals surface area contributed by atoms with Gasteiger partial charge in [0.1, 0.15) is 0 Å². The monoisotopic (exact) mass is 397 g/mol. The predicted molar refractivity (Wildman–Crippen MR) is 122 cm³/mol. The maximum atomic E-state index is 13.5. The summed E-state index contributed by atoms with van der Waals surface area (Å²) in [7, 11) is 0. The highest BCUT2D eigenvalue weighted by Crippen LogP contribution is 2.31. The summed E-state index contributed by atoms with van der Waals surface area (Å²) in [4.78, 5) is 23.2. The lowest BCUT2D eigenvalue weighted by Gasteiger charge is -2.29. The number of hydrogen-bond acceptors (Lipinski definition) is 2. The van der Waals surface area contributed by atoms with Gasteiger partial charge in [0, 0.05) is 35.9 Å². The molecular weight excluding hydrogens is 370 g/mol. The van der Waals surface area contributed by atoms with Crippen molar-refractivity contribution in [3.05, 3.63) is 90.3 Å². The van der Waals surface area contributed by atoms with Crippen molar-refractivity contribution in [2.24, 2.45) is 0 Å². The first kappa shape index (κ1) is 19.9. The summed E-state index contributed by atoms with van der Waals surface area (Å²) in [5.74, 6) is 0.142. The van der Waals surface area contributed by atoms with Crippen molar-refractivity contribution >= 4 is 16.8 Å². The number of para-hydroxylation sites is 1. The normalized spacial score (nSPS) is 12.1. The van der Waals surface area contributed by atoms with Crippen molar-refractivity contribution in [3.8, 4) is 11.3 Å². The maximum absolute atomic E-state index is 13.5. The van der Waals surface area contributed by atoms with E-state index < -0.39 is 0 Å². The van der Waals surface area contributed by atoms with Crippen LogP contribution in [0.5, 0.6) is 0 Å². The van der Waals surface area contributed by atoms with Crippen LogP contribution in [0.25, 0.3) is 22.2 Å². The van der Waals surface area contributed by atoms with E-state index in [1.54, 1.807) is 12.4 Å². The van der Waals surface area contributed by atoms with E-state index in [9.17, 15) is 4.79 Å². The summed E-state index contributed by atoms with van der Waals surface area (Å²) in [5, 5.41) is 1.11. The summed E-state index contributed by atoms with van der Waals surface area (Å²) in [6.07, 6.45) is 4.84. The number of fused-ring (bicyclic) bond motifs is 1. The minimum atomic E-state index is 0.142.